The normalized spacial score (nSPS) is 10.4. The number of nitrogens with zero attached hydrogens (tertiary/aromatic N) is 2. The molecule has 3 nitrogen and oxygen atoms in total. The summed E-state index contributed by atoms with van der Waals surface area (Å²) >= 11 is 0. The van der Waals surface area contributed by atoms with Crippen LogP contribution in [0.5, 0.6) is 0 Å². The summed E-state index contributed by atoms with van der Waals surface area (Å²) in [4.78, 5) is 8.94. The van der Waals surface area contributed by atoms with Crippen molar-refractivity contribution in [1.29, 1.82) is 0 Å². The summed E-state index contributed by atoms with van der Waals surface area (Å²) < 4.78 is 0. The van der Waals surface area contributed by atoms with Gasteiger partial charge in [-0.25, -0.2) is 9.97 Å². The van der Waals surface area contributed by atoms with Crippen LogP contribution in [0.3, 0.4) is 0 Å². The molecule has 0 atom stereocenters. The Hall–Kier alpha value is -2.68. The molecule has 20 heavy (non-hydrogen) atoms. The van der Waals surface area contributed by atoms with Gasteiger partial charge in [-0.05, 0) is 25.1 Å². The maximum Gasteiger partial charge on any atom is 0.159 e. The Balaban J connectivity index is 2.03. The van der Waals surface area contributed by atoms with Gasteiger partial charge in [0.1, 0.15) is 0 Å². The highest BCUT2D eigenvalue weighted by atomic mass is 14.9. The van der Waals surface area contributed by atoms with E-state index in [9.17, 15) is 0 Å². The Bertz CT molecular complexity index is 733. The molecular weight excluding hydrogens is 246 g/mol. The first-order chi connectivity index (χ1) is 9.72. The summed E-state index contributed by atoms with van der Waals surface area (Å²) in [5.74, 6) is 0.690. The maximum atomic E-state index is 5.81. The molecule has 3 heteroatoms. The van der Waals surface area contributed by atoms with Gasteiger partial charge in [0.25, 0.3) is 0 Å². The molecule has 0 saturated carbocycles. The lowest BCUT2D eigenvalue weighted by Gasteiger charge is -2.05. The highest BCUT2D eigenvalue weighted by molar-refractivity contribution is 5.65. The lowest BCUT2D eigenvalue weighted by Crippen LogP contribution is -1.93. The fourth-order valence-corrected chi connectivity index (χ4v) is 2.06. The second-order valence-corrected chi connectivity index (χ2v) is 4.76. The van der Waals surface area contributed by atoms with Crippen LogP contribution in [0.4, 0.5) is 5.69 Å². The first-order valence-electron chi connectivity index (χ1n) is 6.48. The van der Waals surface area contributed by atoms with Gasteiger partial charge < -0.3 is 5.73 Å². The van der Waals surface area contributed by atoms with Crippen LogP contribution < -0.4 is 5.73 Å². The number of rotatable bonds is 2. The first-order valence-corrected chi connectivity index (χ1v) is 6.48. The SMILES string of the molecule is Cc1ccc(-c2ccnc(-c3cccc(N)c3)n2)cc1. The molecule has 0 saturated heterocycles. The fraction of sp³-hybridized carbons (Fsp3) is 0.0588. The number of nitrogens with two attached hydrogens (primary N) is 1. The number of hydrogen-bond donors (Lipinski definition) is 1. The molecule has 1 heterocycles. The number of nitrogen functional groups attached to an aromatic ring is 1. The number of benzene rings is 2. The lowest BCUT2D eigenvalue weighted by atomic mass is 10.1. The minimum absolute atomic E-state index is 0.690. The van der Waals surface area contributed by atoms with Crippen molar-refractivity contribution >= 4 is 5.69 Å². The van der Waals surface area contributed by atoms with Crippen molar-refractivity contribution in [2.75, 3.05) is 5.73 Å². The van der Waals surface area contributed by atoms with Gasteiger partial charge in [0.2, 0.25) is 0 Å². The van der Waals surface area contributed by atoms with Gasteiger partial charge in [0.05, 0.1) is 5.69 Å². The van der Waals surface area contributed by atoms with E-state index in [0.717, 1.165) is 16.8 Å². The van der Waals surface area contributed by atoms with Crippen molar-refractivity contribution in [2.45, 2.75) is 6.92 Å². The summed E-state index contributed by atoms with van der Waals surface area (Å²) in [7, 11) is 0. The van der Waals surface area contributed by atoms with Crippen molar-refractivity contribution in [3.8, 4) is 22.6 Å². The number of aryl methyl sites for hydroxylation is 1. The standard InChI is InChI=1S/C17H15N3/c1-12-5-7-13(8-6-12)16-9-10-19-17(20-16)14-3-2-4-15(18)11-14/h2-11H,18H2,1H3. The molecule has 0 unspecified atom stereocenters. The Labute approximate surface area is 118 Å². The molecule has 3 rings (SSSR count). The highest BCUT2D eigenvalue weighted by Gasteiger charge is 2.04. The van der Waals surface area contributed by atoms with Gasteiger partial charge in [-0.15, -0.1) is 0 Å². The first kappa shape index (κ1) is 12.4. The Kier molecular flexibility index (Phi) is 3.17. The Morgan fingerprint density at radius 3 is 2.45 bits per heavy atom. The smallest absolute Gasteiger partial charge is 0.159 e. The molecule has 0 fully saturated rings. The fourth-order valence-electron chi connectivity index (χ4n) is 2.06. The lowest BCUT2D eigenvalue weighted by molar-refractivity contribution is 1.18. The molecule has 1 aromatic heterocycles. The van der Waals surface area contributed by atoms with Crippen LogP contribution in [0.2, 0.25) is 0 Å². The zero-order chi connectivity index (χ0) is 13.9. The van der Waals surface area contributed by atoms with Gasteiger partial charge >= 0.3 is 0 Å². The van der Waals surface area contributed by atoms with Crippen LogP contribution in [0, 0.1) is 6.92 Å². The van der Waals surface area contributed by atoms with E-state index < -0.39 is 0 Å². The zero-order valence-corrected chi connectivity index (χ0v) is 11.2. The third kappa shape index (κ3) is 2.52. The highest BCUT2D eigenvalue weighted by Crippen LogP contribution is 2.22. The second-order valence-electron chi connectivity index (χ2n) is 4.76. The molecule has 3 aromatic rings. The number of anilines is 1. The van der Waals surface area contributed by atoms with Gasteiger partial charge in [0, 0.05) is 23.0 Å². The van der Waals surface area contributed by atoms with Crippen LogP contribution in [0.1, 0.15) is 5.56 Å². The van der Waals surface area contributed by atoms with Crippen LogP contribution >= 0.6 is 0 Å². The van der Waals surface area contributed by atoms with E-state index in [0.29, 0.717) is 11.5 Å². The van der Waals surface area contributed by atoms with Crippen molar-refractivity contribution in [3.63, 3.8) is 0 Å². The molecular formula is C17H15N3. The maximum absolute atomic E-state index is 5.81. The number of aromatic nitrogens is 2. The van der Waals surface area contributed by atoms with Gasteiger partial charge in [0.15, 0.2) is 5.82 Å². The third-order valence-corrected chi connectivity index (χ3v) is 3.15. The Morgan fingerprint density at radius 2 is 1.70 bits per heavy atom. The second kappa shape index (κ2) is 5.13. The van der Waals surface area contributed by atoms with Crippen molar-refractivity contribution in [1.82, 2.24) is 9.97 Å². The predicted molar refractivity (Wildman–Crippen MR) is 82.1 cm³/mol. The molecule has 0 radical (unpaired) electrons. The number of hydrogen-bond acceptors (Lipinski definition) is 3. The molecule has 2 aromatic carbocycles. The summed E-state index contributed by atoms with van der Waals surface area (Å²) in [6.45, 7) is 2.07. The molecule has 0 aliphatic carbocycles. The molecule has 0 amide bonds. The van der Waals surface area contributed by atoms with Crippen molar-refractivity contribution < 1.29 is 0 Å². The molecule has 0 aliphatic heterocycles. The summed E-state index contributed by atoms with van der Waals surface area (Å²) in [6, 6.07) is 17.8. The minimum atomic E-state index is 0.690. The summed E-state index contributed by atoms with van der Waals surface area (Å²) in [6.07, 6.45) is 1.78. The van der Waals surface area contributed by atoms with E-state index in [-0.39, 0.29) is 0 Å². The van der Waals surface area contributed by atoms with Gasteiger partial charge in [-0.2, -0.15) is 0 Å². The van der Waals surface area contributed by atoms with E-state index in [4.69, 9.17) is 5.73 Å². The molecule has 0 bridgehead atoms. The minimum Gasteiger partial charge on any atom is -0.399 e. The van der Waals surface area contributed by atoms with E-state index in [1.165, 1.54) is 5.56 Å². The summed E-state index contributed by atoms with van der Waals surface area (Å²) in [5, 5.41) is 0. The topological polar surface area (TPSA) is 51.8 Å². The van der Waals surface area contributed by atoms with E-state index in [1.54, 1.807) is 6.20 Å². The molecule has 0 spiro atoms. The monoisotopic (exact) mass is 261 g/mol. The largest absolute Gasteiger partial charge is 0.399 e. The quantitative estimate of drug-likeness (QED) is 0.715. The predicted octanol–water partition coefficient (Wildman–Crippen LogP) is 3.70. The van der Waals surface area contributed by atoms with Gasteiger partial charge in [-0.1, -0.05) is 42.0 Å². The van der Waals surface area contributed by atoms with Crippen LogP contribution in [0.25, 0.3) is 22.6 Å². The summed E-state index contributed by atoms with van der Waals surface area (Å²) in [5.41, 5.74) is 10.7. The average Bonchev–Trinajstić information content (AvgIpc) is 2.48. The van der Waals surface area contributed by atoms with Crippen LogP contribution in [-0.4, -0.2) is 9.97 Å². The Morgan fingerprint density at radius 1 is 0.900 bits per heavy atom. The van der Waals surface area contributed by atoms with Crippen LogP contribution in [-0.2, 0) is 0 Å². The van der Waals surface area contributed by atoms with E-state index >= 15 is 0 Å². The van der Waals surface area contributed by atoms with Crippen molar-refractivity contribution in [2.24, 2.45) is 0 Å². The zero-order valence-electron chi connectivity index (χ0n) is 11.2. The van der Waals surface area contributed by atoms with Gasteiger partial charge in [-0.3, -0.25) is 0 Å². The molecule has 98 valence electrons. The molecule has 2 N–H and O–H groups in total. The molecule has 0 aliphatic rings. The van der Waals surface area contributed by atoms with Crippen molar-refractivity contribution in [3.05, 3.63) is 66.4 Å². The third-order valence-electron chi connectivity index (χ3n) is 3.15. The van der Waals surface area contributed by atoms with E-state index in [2.05, 4.69) is 41.2 Å². The van der Waals surface area contributed by atoms with Crippen LogP contribution in [0.15, 0.2) is 60.8 Å². The van der Waals surface area contributed by atoms with E-state index in [1.807, 2.05) is 30.3 Å². The average molecular weight is 261 g/mol.